The molecular formula is C30H37F3NO5S4-. The van der Waals surface area contributed by atoms with Crippen molar-refractivity contribution in [2.75, 3.05) is 6.61 Å². The molecule has 0 saturated heterocycles. The Morgan fingerprint density at radius 3 is 2.19 bits per heavy atom. The second-order valence-corrected chi connectivity index (χ2v) is 14.8. The number of carbonyl (C=O) groups excluding carboxylic acids is 1. The first-order valence-corrected chi connectivity index (χ1v) is 18.2. The second kappa shape index (κ2) is 16.2. The van der Waals surface area contributed by atoms with Crippen molar-refractivity contribution in [1.29, 1.82) is 0 Å². The summed E-state index contributed by atoms with van der Waals surface area (Å²) in [6, 6.07) is 8.35. The molecule has 13 heteroatoms. The lowest BCUT2D eigenvalue weighted by Crippen LogP contribution is -2.41. The number of hydrogen-bond donors (Lipinski definition) is 1. The summed E-state index contributed by atoms with van der Waals surface area (Å²) in [6.45, 7) is 2.70. The third kappa shape index (κ3) is 9.65. The lowest BCUT2D eigenvalue weighted by Gasteiger charge is -2.22. The van der Waals surface area contributed by atoms with Gasteiger partial charge >= 0.3 is 11.2 Å². The summed E-state index contributed by atoms with van der Waals surface area (Å²) >= 11 is 4.86. The van der Waals surface area contributed by atoms with Gasteiger partial charge in [0.25, 0.3) is 0 Å². The van der Waals surface area contributed by atoms with Crippen molar-refractivity contribution in [1.82, 2.24) is 0 Å². The molecule has 0 bridgehead atoms. The molecule has 0 aromatic carbocycles. The van der Waals surface area contributed by atoms with Crippen molar-refractivity contribution in [2.24, 2.45) is 5.73 Å². The van der Waals surface area contributed by atoms with Gasteiger partial charge < -0.3 is 15.0 Å². The van der Waals surface area contributed by atoms with Crippen LogP contribution in [0.1, 0.15) is 81.2 Å². The van der Waals surface area contributed by atoms with Crippen LogP contribution in [0.15, 0.2) is 35.3 Å². The molecule has 0 aliphatic carbocycles. The van der Waals surface area contributed by atoms with Crippen molar-refractivity contribution in [3.8, 4) is 19.5 Å². The van der Waals surface area contributed by atoms with Gasteiger partial charge in [-0.3, -0.25) is 0 Å². The number of hydrogen-bond acceptors (Lipinski definition) is 9. The number of esters is 1. The minimum Gasteiger partial charge on any atom is -0.743 e. The Bertz CT molecular complexity index is 1480. The standard InChI is InChI=1S/C30H38F3NO5S4/c1-3-5-7-9-11-20-15-16-40-27(20)24-13-14-25(42-24)28-21(12-10-8-6-4-2)17-22(41-28)18-23(34)29(35)39-19-26(31)30(32,33)43(36,37)38/h13-18,26H,3-12,19,34H2,1-2H3,(H,36,37,38)/p-1/b23-18-. The van der Waals surface area contributed by atoms with Crippen LogP contribution in [0.25, 0.3) is 25.6 Å². The summed E-state index contributed by atoms with van der Waals surface area (Å²) < 4.78 is 76.7. The van der Waals surface area contributed by atoms with Gasteiger partial charge in [0.05, 0.1) is 0 Å². The van der Waals surface area contributed by atoms with E-state index in [1.54, 1.807) is 22.7 Å². The normalized spacial score (nSPS) is 13.4. The zero-order valence-electron chi connectivity index (χ0n) is 24.2. The van der Waals surface area contributed by atoms with Gasteiger partial charge in [-0.05, 0) is 72.5 Å². The van der Waals surface area contributed by atoms with Gasteiger partial charge in [0.1, 0.15) is 12.3 Å². The largest absolute Gasteiger partial charge is 0.743 e. The van der Waals surface area contributed by atoms with E-state index in [4.69, 9.17) is 5.73 Å². The van der Waals surface area contributed by atoms with Crippen molar-refractivity contribution in [2.45, 2.75) is 89.5 Å². The molecule has 0 amide bonds. The Labute approximate surface area is 263 Å². The van der Waals surface area contributed by atoms with Crippen LogP contribution in [0, 0.1) is 0 Å². The molecule has 238 valence electrons. The lowest BCUT2D eigenvalue weighted by atomic mass is 10.1. The van der Waals surface area contributed by atoms with Gasteiger partial charge in [0, 0.05) is 24.4 Å². The van der Waals surface area contributed by atoms with E-state index in [1.807, 2.05) is 6.07 Å². The maximum atomic E-state index is 13.7. The van der Waals surface area contributed by atoms with E-state index in [9.17, 15) is 30.9 Å². The molecule has 3 rings (SSSR count). The molecule has 43 heavy (non-hydrogen) atoms. The highest BCUT2D eigenvalue weighted by Crippen LogP contribution is 2.43. The first-order chi connectivity index (χ1) is 20.4. The molecule has 1 atom stereocenters. The smallest absolute Gasteiger partial charge is 0.368 e. The number of unbranched alkanes of at least 4 members (excludes halogenated alkanes) is 6. The third-order valence-corrected chi connectivity index (χ3v) is 11.3. The molecular weight excluding hydrogens is 640 g/mol. The van der Waals surface area contributed by atoms with Crippen LogP contribution < -0.4 is 5.73 Å². The molecule has 3 aromatic rings. The maximum absolute atomic E-state index is 13.7. The number of aryl methyl sites for hydroxylation is 2. The first-order valence-electron chi connectivity index (χ1n) is 14.3. The average molecular weight is 677 g/mol. The molecule has 0 spiro atoms. The molecule has 0 aliphatic heterocycles. The highest BCUT2D eigenvalue weighted by molar-refractivity contribution is 7.86. The first kappa shape index (κ1) is 35.3. The van der Waals surface area contributed by atoms with Gasteiger partial charge in [-0.2, -0.15) is 8.78 Å². The molecule has 2 N–H and O–H groups in total. The van der Waals surface area contributed by atoms with E-state index < -0.39 is 39.8 Å². The van der Waals surface area contributed by atoms with Crippen molar-refractivity contribution in [3.05, 3.63) is 51.3 Å². The molecule has 1 unspecified atom stereocenters. The zero-order chi connectivity index (χ0) is 31.6. The van der Waals surface area contributed by atoms with Crippen LogP contribution in [0.5, 0.6) is 0 Å². The Morgan fingerprint density at radius 1 is 0.977 bits per heavy atom. The van der Waals surface area contributed by atoms with Gasteiger partial charge in [-0.15, -0.1) is 34.0 Å². The number of nitrogens with two attached hydrogens (primary N) is 1. The topological polar surface area (TPSA) is 110 Å². The summed E-state index contributed by atoms with van der Waals surface area (Å²) in [6.07, 6.45) is 8.76. The second-order valence-electron chi connectivity index (χ2n) is 10.2. The van der Waals surface area contributed by atoms with Crippen LogP contribution in [-0.2, 0) is 32.5 Å². The lowest BCUT2D eigenvalue weighted by molar-refractivity contribution is -0.143. The number of thiophene rings is 3. The minimum atomic E-state index is -6.27. The Balaban J connectivity index is 1.80. The van der Waals surface area contributed by atoms with Gasteiger partial charge in [0.15, 0.2) is 10.1 Å². The van der Waals surface area contributed by atoms with E-state index >= 15 is 0 Å². The van der Waals surface area contributed by atoms with Gasteiger partial charge in [0.2, 0.25) is 6.17 Å². The average Bonchev–Trinajstić information content (AvgIpc) is 3.71. The Kier molecular flexibility index (Phi) is 13.3. The summed E-state index contributed by atoms with van der Waals surface area (Å²) in [5, 5.41) is -3.11. The molecule has 0 aliphatic rings. The van der Waals surface area contributed by atoms with Crippen LogP contribution in [0.4, 0.5) is 13.2 Å². The predicted molar refractivity (Wildman–Crippen MR) is 169 cm³/mol. The minimum absolute atomic E-state index is 0.469. The zero-order valence-corrected chi connectivity index (χ0v) is 27.5. The Morgan fingerprint density at radius 2 is 1.58 bits per heavy atom. The SMILES string of the molecule is CCCCCCc1ccsc1-c1ccc(-c2sc(/C=C(\N)C(=O)OCC(F)C(F)(F)S(=O)(=O)[O-])cc2CCCCCC)s1. The fourth-order valence-corrected chi connectivity index (χ4v) is 8.24. The molecule has 0 fully saturated rings. The maximum Gasteiger partial charge on any atom is 0.368 e. The monoisotopic (exact) mass is 676 g/mol. The van der Waals surface area contributed by atoms with Gasteiger partial charge in [-0.25, -0.2) is 17.6 Å². The van der Waals surface area contributed by atoms with Crippen LogP contribution >= 0.6 is 34.0 Å². The highest BCUT2D eigenvalue weighted by atomic mass is 32.2. The number of carbonyl (C=O) groups is 1. The van der Waals surface area contributed by atoms with E-state index in [2.05, 4.69) is 42.2 Å². The number of halogens is 3. The summed E-state index contributed by atoms with van der Waals surface area (Å²) in [5.74, 6) is -1.30. The van der Waals surface area contributed by atoms with E-state index in [0.29, 0.717) is 4.88 Å². The van der Waals surface area contributed by atoms with Crippen LogP contribution in [0.3, 0.4) is 0 Å². The number of alkyl halides is 3. The third-order valence-electron chi connectivity index (χ3n) is 6.82. The van der Waals surface area contributed by atoms with Crippen molar-refractivity contribution in [3.63, 3.8) is 0 Å². The van der Waals surface area contributed by atoms with Crippen molar-refractivity contribution >= 4 is 56.2 Å². The van der Waals surface area contributed by atoms with Crippen LogP contribution in [0.2, 0.25) is 0 Å². The molecule has 6 nitrogen and oxygen atoms in total. The van der Waals surface area contributed by atoms with Gasteiger partial charge in [-0.1, -0.05) is 52.4 Å². The number of ether oxygens (including phenoxy) is 1. The molecule has 3 aromatic heterocycles. The fourth-order valence-electron chi connectivity index (χ4n) is 4.43. The molecule has 0 radical (unpaired) electrons. The summed E-state index contributed by atoms with van der Waals surface area (Å²) in [7, 11) is -6.27. The van der Waals surface area contributed by atoms with E-state index in [0.717, 1.165) is 60.3 Å². The van der Waals surface area contributed by atoms with Crippen molar-refractivity contribution < 1.29 is 35.7 Å². The van der Waals surface area contributed by atoms with E-state index in [-0.39, 0.29) is 0 Å². The predicted octanol–water partition coefficient (Wildman–Crippen LogP) is 8.77. The van der Waals surface area contributed by atoms with Crippen LogP contribution in [-0.4, -0.2) is 37.0 Å². The number of rotatable bonds is 18. The molecule has 0 saturated carbocycles. The highest BCUT2D eigenvalue weighted by Gasteiger charge is 2.48. The van der Waals surface area contributed by atoms with E-state index in [1.165, 1.54) is 52.0 Å². The fraction of sp³-hybridized carbons (Fsp3) is 0.500. The quantitative estimate of drug-likeness (QED) is 0.0624. The molecule has 3 heterocycles. The summed E-state index contributed by atoms with van der Waals surface area (Å²) in [4.78, 5) is 17.5. The summed E-state index contributed by atoms with van der Waals surface area (Å²) in [5.41, 5.74) is 7.80. The Hall–Kier alpha value is -2.19.